The van der Waals surface area contributed by atoms with Crippen molar-refractivity contribution >= 4 is 18.7 Å². The van der Waals surface area contributed by atoms with Gasteiger partial charge in [-0.2, -0.15) is 12.6 Å². The number of thiol groups is 1. The van der Waals surface area contributed by atoms with Crippen LogP contribution in [0.5, 0.6) is 0 Å². The van der Waals surface area contributed by atoms with Gasteiger partial charge in [0.15, 0.2) is 0 Å². The highest BCUT2D eigenvalue weighted by Gasteiger charge is 2.35. The van der Waals surface area contributed by atoms with E-state index in [0.29, 0.717) is 13.1 Å². The number of rotatable bonds is 4. The van der Waals surface area contributed by atoms with Gasteiger partial charge in [0.1, 0.15) is 5.69 Å². The van der Waals surface area contributed by atoms with Gasteiger partial charge in [0.25, 0.3) is 0 Å². The van der Waals surface area contributed by atoms with Crippen molar-refractivity contribution in [1.82, 2.24) is 19.9 Å². The molecule has 1 aliphatic rings. The van der Waals surface area contributed by atoms with Crippen LogP contribution >= 0.6 is 12.6 Å². The summed E-state index contributed by atoms with van der Waals surface area (Å²) in [6.45, 7) is 6.91. The largest absolute Gasteiger partial charge is 0.447 e. The molecule has 0 bridgehead atoms. The average molecular weight is 360 g/mol. The van der Waals surface area contributed by atoms with Gasteiger partial charge in [-0.05, 0) is 27.2 Å². The molecule has 0 radical (unpaired) electrons. The second-order valence-corrected chi connectivity index (χ2v) is 7.43. The molecule has 7 heteroatoms. The molecule has 1 aromatic carbocycles. The zero-order valence-corrected chi connectivity index (χ0v) is 15.7. The first-order chi connectivity index (χ1) is 12.0. The van der Waals surface area contributed by atoms with Gasteiger partial charge >= 0.3 is 6.09 Å². The zero-order chi connectivity index (χ0) is 18.0. The van der Waals surface area contributed by atoms with E-state index in [1.54, 1.807) is 4.90 Å². The predicted octanol–water partition coefficient (Wildman–Crippen LogP) is 3.17. The number of carbonyl (C=O) groups is 1. The van der Waals surface area contributed by atoms with Gasteiger partial charge in [-0.1, -0.05) is 35.5 Å². The summed E-state index contributed by atoms with van der Waals surface area (Å²) in [5.41, 5.74) is 2.91. The van der Waals surface area contributed by atoms with E-state index < -0.39 is 0 Å². The molecule has 3 rings (SSSR count). The van der Waals surface area contributed by atoms with Crippen LogP contribution < -0.4 is 0 Å². The maximum Gasteiger partial charge on any atom is 0.410 e. The number of amides is 1. The maximum absolute atomic E-state index is 12.3. The van der Waals surface area contributed by atoms with Crippen LogP contribution in [0.3, 0.4) is 0 Å². The Labute approximate surface area is 153 Å². The Hall–Kier alpha value is -2.02. The first-order valence-corrected chi connectivity index (χ1v) is 9.08. The topological polar surface area (TPSA) is 60.2 Å². The smallest absolute Gasteiger partial charge is 0.410 e. The van der Waals surface area contributed by atoms with Crippen molar-refractivity contribution in [2.75, 3.05) is 6.54 Å². The summed E-state index contributed by atoms with van der Waals surface area (Å²) in [4.78, 5) is 14.1. The molecule has 1 aliphatic heterocycles. The van der Waals surface area contributed by atoms with Gasteiger partial charge in [0.05, 0.1) is 24.4 Å². The van der Waals surface area contributed by atoms with E-state index in [2.05, 4.69) is 22.9 Å². The third-order valence-corrected chi connectivity index (χ3v) is 4.75. The molecule has 0 spiro atoms. The standard InChI is InChI=1S/C18H24N4O2S/c1-12(2)24-18(23)21-11-16(25)9-15(21)10-22-13(3)17(19-20-22)14-7-5-4-6-8-14/h4-8,12,15-16,25H,9-11H2,1-3H3/t15-,16+/m0/s1. The summed E-state index contributed by atoms with van der Waals surface area (Å²) in [7, 11) is 0. The minimum absolute atomic E-state index is 0.0118. The lowest BCUT2D eigenvalue weighted by atomic mass is 10.1. The van der Waals surface area contributed by atoms with Crippen LogP contribution in [0.2, 0.25) is 0 Å². The lowest BCUT2D eigenvalue weighted by Gasteiger charge is -2.25. The fourth-order valence-corrected chi connectivity index (χ4v) is 3.57. The third kappa shape index (κ3) is 3.98. The van der Waals surface area contributed by atoms with Crippen molar-refractivity contribution in [1.29, 1.82) is 0 Å². The number of likely N-dealkylation sites (tertiary alicyclic amines) is 1. The molecule has 6 nitrogen and oxygen atoms in total. The highest BCUT2D eigenvalue weighted by molar-refractivity contribution is 7.81. The second-order valence-electron chi connectivity index (χ2n) is 6.70. The van der Waals surface area contributed by atoms with Crippen molar-refractivity contribution in [2.24, 2.45) is 0 Å². The Morgan fingerprint density at radius 2 is 2.08 bits per heavy atom. The molecule has 134 valence electrons. The number of benzene rings is 1. The summed E-state index contributed by atoms with van der Waals surface area (Å²) in [6.07, 6.45) is 0.401. The van der Waals surface area contributed by atoms with E-state index in [-0.39, 0.29) is 23.5 Å². The van der Waals surface area contributed by atoms with E-state index in [4.69, 9.17) is 4.74 Å². The SMILES string of the molecule is Cc1c(-c2ccccc2)nnn1C[C@@H]1C[C@@H](S)CN1C(=O)OC(C)C. The van der Waals surface area contributed by atoms with E-state index in [1.165, 1.54) is 0 Å². The molecule has 1 aromatic heterocycles. The zero-order valence-electron chi connectivity index (χ0n) is 14.8. The molecule has 2 heterocycles. The van der Waals surface area contributed by atoms with Crippen LogP contribution in [-0.2, 0) is 11.3 Å². The van der Waals surface area contributed by atoms with E-state index in [9.17, 15) is 4.79 Å². The Morgan fingerprint density at radius 1 is 1.36 bits per heavy atom. The van der Waals surface area contributed by atoms with Gasteiger partial charge in [0, 0.05) is 17.4 Å². The van der Waals surface area contributed by atoms with Gasteiger partial charge in [0.2, 0.25) is 0 Å². The summed E-state index contributed by atoms with van der Waals surface area (Å²) >= 11 is 4.56. The fourth-order valence-electron chi connectivity index (χ4n) is 3.15. The average Bonchev–Trinajstić information content (AvgIpc) is 3.11. The Bertz CT molecular complexity index is 732. The van der Waals surface area contributed by atoms with Gasteiger partial charge in [-0.25, -0.2) is 9.48 Å². The molecular formula is C18H24N4O2S. The van der Waals surface area contributed by atoms with Crippen LogP contribution in [0, 0.1) is 6.92 Å². The number of ether oxygens (including phenoxy) is 1. The first kappa shape index (κ1) is 17.8. The summed E-state index contributed by atoms with van der Waals surface area (Å²) < 4.78 is 7.23. The van der Waals surface area contributed by atoms with Crippen molar-refractivity contribution in [3.63, 3.8) is 0 Å². The lowest BCUT2D eigenvalue weighted by molar-refractivity contribution is 0.0705. The normalized spacial score (nSPS) is 20.3. The fraction of sp³-hybridized carbons (Fsp3) is 0.500. The molecular weight excluding hydrogens is 336 g/mol. The summed E-state index contributed by atoms with van der Waals surface area (Å²) in [5.74, 6) is 0. The van der Waals surface area contributed by atoms with E-state index in [0.717, 1.165) is 23.4 Å². The molecule has 0 N–H and O–H groups in total. The van der Waals surface area contributed by atoms with Crippen molar-refractivity contribution in [2.45, 2.75) is 51.1 Å². The molecule has 0 saturated carbocycles. The van der Waals surface area contributed by atoms with Gasteiger partial charge in [-0.3, -0.25) is 0 Å². The predicted molar refractivity (Wildman–Crippen MR) is 99.7 cm³/mol. The second kappa shape index (κ2) is 7.47. The molecule has 0 unspecified atom stereocenters. The van der Waals surface area contributed by atoms with E-state index >= 15 is 0 Å². The summed E-state index contributed by atoms with van der Waals surface area (Å²) in [5, 5.41) is 8.78. The highest BCUT2D eigenvalue weighted by atomic mass is 32.1. The van der Waals surface area contributed by atoms with Crippen LogP contribution in [0.4, 0.5) is 4.79 Å². The minimum Gasteiger partial charge on any atom is -0.447 e. The lowest BCUT2D eigenvalue weighted by Crippen LogP contribution is -2.39. The quantitative estimate of drug-likeness (QED) is 0.851. The monoisotopic (exact) mass is 360 g/mol. The van der Waals surface area contributed by atoms with Crippen molar-refractivity contribution in [3.05, 3.63) is 36.0 Å². The molecule has 1 saturated heterocycles. The molecule has 1 fully saturated rings. The first-order valence-electron chi connectivity index (χ1n) is 8.56. The molecule has 0 aliphatic carbocycles. The molecule has 2 atom stereocenters. The van der Waals surface area contributed by atoms with Crippen molar-refractivity contribution < 1.29 is 9.53 Å². The number of nitrogens with zero attached hydrogens (tertiary/aromatic N) is 4. The van der Waals surface area contributed by atoms with Gasteiger partial charge in [-0.15, -0.1) is 5.10 Å². The van der Waals surface area contributed by atoms with Crippen LogP contribution in [0.1, 0.15) is 26.0 Å². The number of hydrogen-bond donors (Lipinski definition) is 1. The maximum atomic E-state index is 12.3. The van der Waals surface area contributed by atoms with E-state index in [1.807, 2.05) is 55.8 Å². The van der Waals surface area contributed by atoms with Crippen molar-refractivity contribution in [3.8, 4) is 11.3 Å². The van der Waals surface area contributed by atoms with Crippen LogP contribution in [-0.4, -0.2) is 49.9 Å². The minimum atomic E-state index is -0.280. The Kier molecular flexibility index (Phi) is 5.32. The Morgan fingerprint density at radius 3 is 2.76 bits per heavy atom. The van der Waals surface area contributed by atoms with Crippen LogP contribution in [0.15, 0.2) is 30.3 Å². The van der Waals surface area contributed by atoms with Crippen LogP contribution in [0.25, 0.3) is 11.3 Å². The van der Waals surface area contributed by atoms with Gasteiger partial charge < -0.3 is 9.64 Å². The number of hydrogen-bond acceptors (Lipinski definition) is 5. The third-order valence-electron chi connectivity index (χ3n) is 4.38. The highest BCUT2D eigenvalue weighted by Crippen LogP contribution is 2.26. The number of carbonyl (C=O) groups excluding carboxylic acids is 1. The molecule has 1 amide bonds. The number of aromatic nitrogens is 3. The molecule has 25 heavy (non-hydrogen) atoms. The Balaban J connectivity index is 1.77. The molecule has 2 aromatic rings. The summed E-state index contributed by atoms with van der Waals surface area (Å²) in [6, 6.07) is 10.0.